The minimum Gasteiger partial charge on any atom is -0.480 e. The van der Waals surface area contributed by atoms with E-state index in [0.717, 1.165) is 25.7 Å². The number of carboxylic acids is 1. The summed E-state index contributed by atoms with van der Waals surface area (Å²) in [6.07, 6.45) is 6.47. The zero-order valence-corrected chi connectivity index (χ0v) is 11.8. The van der Waals surface area contributed by atoms with Crippen LogP contribution in [0.1, 0.15) is 39.0 Å². The van der Waals surface area contributed by atoms with Crippen molar-refractivity contribution >= 4 is 23.8 Å². The van der Waals surface area contributed by atoms with E-state index >= 15 is 0 Å². The number of carboxylic acid groups (broad SMARTS) is 1. The molecule has 2 amide bonds. The van der Waals surface area contributed by atoms with Gasteiger partial charge in [0.25, 0.3) is 0 Å². The largest absolute Gasteiger partial charge is 0.480 e. The van der Waals surface area contributed by atoms with Gasteiger partial charge in [-0.25, -0.2) is 9.59 Å². The van der Waals surface area contributed by atoms with Gasteiger partial charge in [0.1, 0.15) is 6.04 Å². The molecule has 0 aromatic rings. The third-order valence-corrected chi connectivity index (χ3v) is 4.68. The molecular weight excluding hydrogens is 252 g/mol. The Morgan fingerprint density at radius 2 is 2.11 bits per heavy atom. The van der Waals surface area contributed by atoms with E-state index in [9.17, 15) is 9.59 Å². The summed E-state index contributed by atoms with van der Waals surface area (Å²) in [5.41, 5.74) is 0. The third kappa shape index (κ3) is 4.76. The molecule has 1 unspecified atom stereocenters. The van der Waals surface area contributed by atoms with Crippen molar-refractivity contribution in [1.82, 2.24) is 10.6 Å². The Bertz CT molecular complexity index is 306. The SMILES string of the molecule is CCCCC(NC(=O)NCC1(SC)CC1)C(=O)O. The first kappa shape index (κ1) is 15.1. The number of carbonyl (C=O) groups is 2. The molecule has 0 aromatic carbocycles. The lowest BCUT2D eigenvalue weighted by molar-refractivity contribution is -0.139. The maximum atomic E-state index is 11.6. The fraction of sp³-hybridized carbons (Fsp3) is 0.833. The van der Waals surface area contributed by atoms with E-state index in [2.05, 4.69) is 10.6 Å². The topological polar surface area (TPSA) is 78.4 Å². The lowest BCUT2D eigenvalue weighted by atomic mass is 10.1. The Hall–Kier alpha value is -0.910. The highest BCUT2D eigenvalue weighted by atomic mass is 32.2. The Kier molecular flexibility index (Phi) is 5.78. The standard InChI is InChI=1S/C12H22N2O3S/c1-3-4-5-9(10(15)16)14-11(17)13-8-12(18-2)6-7-12/h9H,3-8H2,1-2H3,(H,15,16)(H2,13,14,17). The molecule has 5 nitrogen and oxygen atoms in total. The second-order valence-electron chi connectivity index (χ2n) is 4.75. The normalized spacial score (nSPS) is 17.9. The molecule has 3 N–H and O–H groups in total. The number of nitrogens with one attached hydrogen (secondary N) is 2. The van der Waals surface area contributed by atoms with Gasteiger partial charge < -0.3 is 15.7 Å². The highest BCUT2D eigenvalue weighted by Gasteiger charge is 2.42. The van der Waals surface area contributed by atoms with Gasteiger partial charge in [-0.3, -0.25) is 0 Å². The van der Waals surface area contributed by atoms with E-state index in [0.29, 0.717) is 13.0 Å². The third-order valence-electron chi connectivity index (χ3n) is 3.26. The van der Waals surface area contributed by atoms with Crippen molar-refractivity contribution in [3.63, 3.8) is 0 Å². The highest BCUT2D eigenvalue weighted by Crippen LogP contribution is 2.46. The molecule has 1 atom stereocenters. The molecule has 0 saturated heterocycles. The fourth-order valence-electron chi connectivity index (χ4n) is 1.71. The molecule has 0 heterocycles. The van der Waals surface area contributed by atoms with Gasteiger partial charge in [-0.15, -0.1) is 0 Å². The Morgan fingerprint density at radius 1 is 1.44 bits per heavy atom. The molecule has 1 aliphatic carbocycles. The molecule has 1 rings (SSSR count). The van der Waals surface area contributed by atoms with Crippen LogP contribution in [0.5, 0.6) is 0 Å². The summed E-state index contributed by atoms with van der Waals surface area (Å²) < 4.78 is 0.194. The van der Waals surface area contributed by atoms with Crippen LogP contribution in [0.3, 0.4) is 0 Å². The monoisotopic (exact) mass is 274 g/mol. The second kappa shape index (κ2) is 6.87. The van der Waals surface area contributed by atoms with Gasteiger partial charge in [0.05, 0.1) is 0 Å². The number of aliphatic carboxylic acids is 1. The molecule has 1 aliphatic rings. The highest BCUT2D eigenvalue weighted by molar-refractivity contribution is 8.00. The summed E-state index contributed by atoms with van der Waals surface area (Å²) in [7, 11) is 0. The van der Waals surface area contributed by atoms with Crippen molar-refractivity contribution < 1.29 is 14.7 Å². The van der Waals surface area contributed by atoms with Crippen molar-refractivity contribution in [3.8, 4) is 0 Å². The van der Waals surface area contributed by atoms with Gasteiger partial charge >= 0.3 is 12.0 Å². The van der Waals surface area contributed by atoms with Gasteiger partial charge in [0.2, 0.25) is 0 Å². The minimum absolute atomic E-state index is 0.194. The minimum atomic E-state index is -0.968. The van der Waals surface area contributed by atoms with E-state index in [1.807, 2.05) is 13.2 Å². The molecule has 1 saturated carbocycles. The van der Waals surface area contributed by atoms with Gasteiger partial charge in [-0.1, -0.05) is 19.8 Å². The van der Waals surface area contributed by atoms with E-state index < -0.39 is 12.0 Å². The molecular formula is C12H22N2O3S. The van der Waals surface area contributed by atoms with Crippen LogP contribution < -0.4 is 10.6 Å². The number of carbonyl (C=O) groups excluding carboxylic acids is 1. The van der Waals surface area contributed by atoms with Crippen LogP contribution in [0.15, 0.2) is 0 Å². The molecule has 0 aromatic heterocycles. The van der Waals surface area contributed by atoms with Gasteiger partial charge in [0.15, 0.2) is 0 Å². The summed E-state index contributed by atoms with van der Waals surface area (Å²) in [5.74, 6) is -0.968. The smallest absolute Gasteiger partial charge is 0.326 e. The number of rotatable bonds is 8. The van der Waals surface area contributed by atoms with Crippen molar-refractivity contribution in [1.29, 1.82) is 0 Å². The number of urea groups is 1. The average molecular weight is 274 g/mol. The number of thioether (sulfide) groups is 1. The van der Waals surface area contributed by atoms with Gasteiger partial charge in [-0.2, -0.15) is 11.8 Å². The summed E-state index contributed by atoms with van der Waals surface area (Å²) in [5, 5.41) is 14.3. The van der Waals surface area contributed by atoms with E-state index in [4.69, 9.17) is 5.11 Å². The first-order chi connectivity index (χ1) is 8.53. The summed E-state index contributed by atoms with van der Waals surface area (Å²) in [6, 6.07) is -1.16. The molecule has 0 bridgehead atoms. The van der Waals surface area contributed by atoms with Crippen LogP contribution in [-0.2, 0) is 4.79 Å². The van der Waals surface area contributed by atoms with Crippen LogP contribution in [-0.4, -0.2) is 40.7 Å². The van der Waals surface area contributed by atoms with Crippen LogP contribution in [0.25, 0.3) is 0 Å². The summed E-state index contributed by atoms with van der Waals surface area (Å²) >= 11 is 1.76. The van der Waals surface area contributed by atoms with E-state index in [1.165, 1.54) is 0 Å². The number of amides is 2. The first-order valence-electron chi connectivity index (χ1n) is 6.35. The Labute approximate surface area is 112 Å². The average Bonchev–Trinajstić information content (AvgIpc) is 3.12. The van der Waals surface area contributed by atoms with Crippen molar-refractivity contribution in [2.45, 2.75) is 49.8 Å². The molecule has 6 heteroatoms. The van der Waals surface area contributed by atoms with Crippen molar-refractivity contribution in [2.24, 2.45) is 0 Å². The van der Waals surface area contributed by atoms with E-state index in [-0.39, 0.29) is 10.8 Å². The Morgan fingerprint density at radius 3 is 2.56 bits per heavy atom. The molecule has 18 heavy (non-hydrogen) atoms. The molecule has 0 aliphatic heterocycles. The Balaban J connectivity index is 2.29. The maximum Gasteiger partial charge on any atom is 0.326 e. The van der Waals surface area contributed by atoms with Crippen LogP contribution in [0, 0.1) is 0 Å². The fourth-order valence-corrected chi connectivity index (χ4v) is 2.44. The van der Waals surface area contributed by atoms with Crippen molar-refractivity contribution in [3.05, 3.63) is 0 Å². The van der Waals surface area contributed by atoms with Crippen LogP contribution in [0.2, 0.25) is 0 Å². The maximum absolute atomic E-state index is 11.6. The molecule has 104 valence electrons. The van der Waals surface area contributed by atoms with E-state index in [1.54, 1.807) is 11.8 Å². The molecule has 0 radical (unpaired) electrons. The van der Waals surface area contributed by atoms with Crippen molar-refractivity contribution in [2.75, 3.05) is 12.8 Å². The predicted molar refractivity (Wildman–Crippen MR) is 73.0 cm³/mol. The quantitative estimate of drug-likeness (QED) is 0.631. The summed E-state index contributed by atoms with van der Waals surface area (Å²) in [4.78, 5) is 22.6. The molecule has 0 spiro atoms. The van der Waals surface area contributed by atoms with Crippen LogP contribution >= 0.6 is 11.8 Å². The zero-order valence-electron chi connectivity index (χ0n) is 11.0. The first-order valence-corrected chi connectivity index (χ1v) is 7.58. The van der Waals surface area contributed by atoms with Crippen LogP contribution in [0.4, 0.5) is 4.79 Å². The second-order valence-corrected chi connectivity index (χ2v) is 6.02. The van der Waals surface area contributed by atoms with Gasteiger partial charge in [0, 0.05) is 11.3 Å². The number of hydrogen-bond donors (Lipinski definition) is 3. The zero-order chi connectivity index (χ0) is 13.6. The summed E-state index contributed by atoms with van der Waals surface area (Å²) in [6.45, 7) is 2.61. The molecule has 1 fully saturated rings. The van der Waals surface area contributed by atoms with Gasteiger partial charge in [-0.05, 0) is 25.5 Å². The lowest BCUT2D eigenvalue weighted by Gasteiger charge is -2.17. The predicted octanol–water partition coefficient (Wildman–Crippen LogP) is 1.82. The number of unbranched alkanes of at least 4 members (excludes halogenated alkanes) is 1. The number of hydrogen-bond acceptors (Lipinski definition) is 3. The lowest BCUT2D eigenvalue weighted by Crippen LogP contribution is -2.47.